The number of nitrogens with one attached hydrogen (secondary N) is 2. The molecule has 5 N–H and O–H groups in total. The second kappa shape index (κ2) is 9.63. The number of hydrogen-bond acceptors (Lipinski definition) is 4. The van der Waals surface area contributed by atoms with Crippen LogP contribution >= 0.6 is 0 Å². The molecule has 0 radical (unpaired) electrons. The van der Waals surface area contributed by atoms with E-state index in [1.807, 2.05) is 36.5 Å². The maximum absolute atomic E-state index is 13.1. The summed E-state index contributed by atoms with van der Waals surface area (Å²) in [7, 11) is 0. The Hall–Kier alpha value is -4.02. The van der Waals surface area contributed by atoms with Crippen LogP contribution in [-0.4, -0.2) is 33.3 Å². The molecule has 3 aromatic rings. The lowest BCUT2D eigenvalue weighted by molar-refractivity contribution is -0.192. The van der Waals surface area contributed by atoms with Crippen LogP contribution in [0.3, 0.4) is 0 Å². The Bertz CT molecular complexity index is 1150. The van der Waals surface area contributed by atoms with E-state index in [4.69, 9.17) is 15.6 Å². The van der Waals surface area contributed by atoms with E-state index in [0.29, 0.717) is 11.4 Å². The zero-order chi connectivity index (χ0) is 24.2. The fourth-order valence-corrected chi connectivity index (χ4v) is 3.37. The molecule has 1 aliphatic heterocycles. The van der Waals surface area contributed by atoms with Crippen LogP contribution in [0.15, 0.2) is 54.7 Å². The van der Waals surface area contributed by atoms with Gasteiger partial charge in [0.05, 0.1) is 11.4 Å². The Balaban J connectivity index is 0.000000383. The molecule has 4 rings (SSSR count). The largest absolute Gasteiger partial charge is 0.490 e. The topological polar surface area (TPSA) is 124 Å². The van der Waals surface area contributed by atoms with E-state index >= 15 is 0 Å². The van der Waals surface area contributed by atoms with E-state index in [1.165, 1.54) is 0 Å². The number of carbonyl (C=O) groups excluding carboxylic acids is 1. The van der Waals surface area contributed by atoms with Crippen molar-refractivity contribution in [2.24, 2.45) is 0 Å². The van der Waals surface area contributed by atoms with Crippen molar-refractivity contribution >= 4 is 29.1 Å². The van der Waals surface area contributed by atoms with Crippen molar-refractivity contribution in [3.05, 3.63) is 71.8 Å². The minimum Gasteiger partial charge on any atom is -0.475 e. The van der Waals surface area contributed by atoms with Gasteiger partial charge in [-0.05, 0) is 30.2 Å². The predicted molar refractivity (Wildman–Crippen MR) is 117 cm³/mol. The number of anilines is 3. The molecule has 2 heterocycles. The van der Waals surface area contributed by atoms with Gasteiger partial charge in [-0.2, -0.15) is 13.2 Å². The van der Waals surface area contributed by atoms with Crippen LogP contribution in [0, 0.1) is 0 Å². The van der Waals surface area contributed by atoms with Gasteiger partial charge >= 0.3 is 18.2 Å². The second-order valence-corrected chi connectivity index (χ2v) is 7.19. The molecular formula is C22H22F3N5O3. The van der Waals surface area contributed by atoms with Gasteiger partial charge in [-0.15, -0.1) is 0 Å². The Morgan fingerprint density at radius 2 is 1.85 bits per heavy atom. The van der Waals surface area contributed by atoms with Gasteiger partial charge < -0.3 is 21.1 Å². The maximum Gasteiger partial charge on any atom is 0.490 e. The Labute approximate surface area is 187 Å². The van der Waals surface area contributed by atoms with Crippen LogP contribution in [0.5, 0.6) is 0 Å². The number of fused-ring (bicyclic) bond motifs is 1. The summed E-state index contributed by atoms with van der Waals surface area (Å²) >= 11 is 0. The number of carboxylic acids is 1. The van der Waals surface area contributed by atoms with Gasteiger partial charge in [-0.3, -0.25) is 4.90 Å². The van der Waals surface area contributed by atoms with Gasteiger partial charge in [-0.25, -0.2) is 14.6 Å². The molecular weight excluding hydrogens is 439 g/mol. The number of rotatable bonds is 3. The van der Waals surface area contributed by atoms with E-state index in [-0.39, 0.29) is 12.1 Å². The number of halogens is 3. The van der Waals surface area contributed by atoms with E-state index < -0.39 is 12.1 Å². The molecule has 174 valence electrons. The molecule has 0 fully saturated rings. The number of alkyl halides is 3. The summed E-state index contributed by atoms with van der Waals surface area (Å²) in [6.07, 6.45) is -1.65. The number of carbonyl (C=O) groups is 2. The van der Waals surface area contributed by atoms with Crippen molar-refractivity contribution in [2.45, 2.75) is 32.0 Å². The van der Waals surface area contributed by atoms with Crippen LogP contribution in [0.4, 0.5) is 35.0 Å². The molecule has 2 amide bonds. The first-order valence-corrected chi connectivity index (χ1v) is 9.98. The first-order chi connectivity index (χ1) is 15.6. The van der Waals surface area contributed by atoms with Gasteiger partial charge in [0.25, 0.3) is 0 Å². The summed E-state index contributed by atoms with van der Waals surface area (Å²) in [6, 6.07) is 14.8. The number of nitrogens with two attached hydrogens (primary N) is 1. The molecule has 2 aromatic carbocycles. The van der Waals surface area contributed by atoms with Crippen molar-refractivity contribution in [3.8, 4) is 0 Å². The number of hydrogen-bond donors (Lipinski definition) is 4. The molecule has 0 aliphatic carbocycles. The SMILES string of the molecule is CCc1cnc(C2Cc3ccccc3N2C(=O)Nc2ccccc2N)[nH]1.O=C(O)C(F)(F)F. The summed E-state index contributed by atoms with van der Waals surface area (Å²) in [5, 5.41) is 10.1. The fraction of sp³-hybridized carbons (Fsp3) is 0.227. The molecule has 8 nitrogen and oxygen atoms in total. The third-order valence-corrected chi connectivity index (χ3v) is 4.98. The zero-order valence-electron chi connectivity index (χ0n) is 17.6. The van der Waals surface area contributed by atoms with Crippen molar-refractivity contribution in [2.75, 3.05) is 16.0 Å². The smallest absolute Gasteiger partial charge is 0.475 e. The number of nitrogens with zero attached hydrogens (tertiary/aromatic N) is 2. The quantitative estimate of drug-likeness (QED) is 0.427. The summed E-state index contributed by atoms with van der Waals surface area (Å²) in [4.78, 5) is 31.6. The number of amides is 2. The lowest BCUT2D eigenvalue weighted by Gasteiger charge is -2.25. The van der Waals surface area contributed by atoms with Gasteiger partial charge in [0.1, 0.15) is 11.9 Å². The summed E-state index contributed by atoms with van der Waals surface area (Å²) in [6.45, 7) is 2.07. The number of benzene rings is 2. The highest BCUT2D eigenvalue weighted by molar-refractivity contribution is 6.05. The third kappa shape index (κ3) is 5.43. The number of urea groups is 1. The molecule has 1 atom stereocenters. The number of H-pyrrole nitrogens is 1. The van der Waals surface area contributed by atoms with E-state index in [2.05, 4.69) is 28.3 Å². The molecule has 1 aliphatic rings. The van der Waals surface area contributed by atoms with E-state index in [9.17, 15) is 18.0 Å². The van der Waals surface area contributed by atoms with Gasteiger partial charge in [-0.1, -0.05) is 37.3 Å². The minimum atomic E-state index is -5.08. The number of imidazole rings is 1. The molecule has 0 saturated heterocycles. The number of aromatic nitrogens is 2. The summed E-state index contributed by atoms with van der Waals surface area (Å²) in [5.41, 5.74) is 10.2. The Kier molecular flexibility index (Phi) is 6.90. The summed E-state index contributed by atoms with van der Waals surface area (Å²) in [5.74, 6) is -1.96. The second-order valence-electron chi connectivity index (χ2n) is 7.19. The van der Waals surface area contributed by atoms with Gasteiger partial charge in [0.15, 0.2) is 0 Å². The van der Waals surface area contributed by atoms with Crippen LogP contribution in [0.1, 0.15) is 30.0 Å². The highest BCUT2D eigenvalue weighted by atomic mass is 19.4. The van der Waals surface area contributed by atoms with Crippen molar-refractivity contribution in [1.29, 1.82) is 0 Å². The monoisotopic (exact) mass is 461 g/mol. The Morgan fingerprint density at radius 3 is 2.45 bits per heavy atom. The van der Waals surface area contributed by atoms with Crippen LogP contribution in [0.2, 0.25) is 0 Å². The van der Waals surface area contributed by atoms with E-state index in [1.54, 1.807) is 17.0 Å². The molecule has 11 heteroatoms. The third-order valence-electron chi connectivity index (χ3n) is 4.98. The summed E-state index contributed by atoms with van der Waals surface area (Å²) < 4.78 is 31.7. The average Bonchev–Trinajstić information content (AvgIpc) is 3.39. The lowest BCUT2D eigenvalue weighted by Crippen LogP contribution is -2.36. The first kappa shape index (κ1) is 23.6. The number of nitrogen functional groups attached to an aromatic ring is 1. The van der Waals surface area contributed by atoms with E-state index in [0.717, 1.165) is 35.6 Å². The highest BCUT2D eigenvalue weighted by Crippen LogP contribution is 2.40. The van der Waals surface area contributed by atoms with Crippen molar-refractivity contribution < 1.29 is 27.9 Å². The van der Waals surface area contributed by atoms with Gasteiger partial charge in [0, 0.05) is 24.0 Å². The predicted octanol–water partition coefficient (Wildman–Crippen LogP) is 4.52. The first-order valence-electron chi connectivity index (χ1n) is 9.98. The van der Waals surface area contributed by atoms with Crippen LogP contribution in [0.25, 0.3) is 0 Å². The van der Waals surface area contributed by atoms with Gasteiger partial charge in [0.2, 0.25) is 0 Å². The molecule has 1 aromatic heterocycles. The zero-order valence-corrected chi connectivity index (χ0v) is 17.6. The normalized spacial score (nSPS) is 14.8. The fourth-order valence-electron chi connectivity index (χ4n) is 3.37. The molecule has 0 bridgehead atoms. The molecule has 0 saturated carbocycles. The van der Waals surface area contributed by atoms with Crippen molar-refractivity contribution in [1.82, 2.24) is 9.97 Å². The number of aliphatic carboxylic acids is 1. The maximum atomic E-state index is 13.1. The number of para-hydroxylation sites is 3. The highest BCUT2D eigenvalue weighted by Gasteiger charge is 2.38. The number of aromatic amines is 1. The lowest BCUT2D eigenvalue weighted by atomic mass is 10.1. The molecule has 33 heavy (non-hydrogen) atoms. The molecule has 0 spiro atoms. The average molecular weight is 461 g/mol. The van der Waals surface area contributed by atoms with Crippen LogP contribution < -0.4 is 16.0 Å². The van der Waals surface area contributed by atoms with Crippen LogP contribution in [-0.2, 0) is 17.6 Å². The Morgan fingerprint density at radius 1 is 1.21 bits per heavy atom. The van der Waals surface area contributed by atoms with Crippen molar-refractivity contribution in [3.63, 3.8) is 0 Å². The minimum absolute atomic E-state index is 0.169. The molecule has 1 unspecified atom stereocenters. The number of aryl methyl sites for hydroxylation is 1. The standard InChI is InChI=1S/C20H21N5O.C2HF3O2/c1-2-14-12-22-19(23-14)18-11-13-7-3-6-10-17(13)25(18)20(26)24-16-9-5-4-8-15(16)21;3-2(4,5)1(6)7/h3-10,12,18H,2,11,21H2,1H3,(H,22,23)(H,24,26);(H,6,7). The number of carboxylic acid groups (broad SMARTS) is 1.